The molecule has 5 fully saturated rings. The van der Waals surface area contributed by atoms with Crippen molar-refractivity contribution in [3.05, 3.63) is 0 Å². The molecule has 2 unspecified atom stereocenters. The van der Waals surface area contributed by atoms with Gasteiger partial charge in [0, 0.05) is 0 Å². The Balaban J connectivity index is 1.36. The molecule has 29 heavy (non-hydrogen) atoms. The molecule has 0 amide bonds. The molecule has 0 aromatic carbocycles. The van der Waals surface area contributed by atoms with Gasteiger partial charge in [0.05, 0.1) is 6.10 Å². The van der Waals surface area contributed by atoms with Gasteiger partial charge in [-0.05, 0) is 115 Å². The molecule has 5 saturated carbocycles. The zero-order valence-corrected chi connectivity index (χ0v) is 20.1. The van der Waals surface area contributed by atoms with Crippen LogP contribution >= 0.6 is 0 Å². The minimum atomic E-state index is 0.00631. The molecule has 0 aliphatic heterocycles. The Kier molecular flexibility index (Phi) is 4.83. The number of hydrogen-bond acceptors (Lipinski definition) is 1. The van der Waals surface area contributed by atoms with Crippen LogP contribution in [-0.2, 0) is 0 Å². The van der Waals surface area contributed by atoms with E-state index in [1.165, 1.54) is 70.6 Å². The molecule has 5 aliphatic carbocycles. The molecular formula is C28H48O. The van der Waals surface area contributed by atoms with Crippen molar-refractivity contribution in [2.75, 3.05) is 0 Å². The zero-order valence-electron chi connectivity index (χ0n) is 20.1. The lowest BCUT2D eigenvalue weighted by molar-refractivity contribution is -0.133. The second-order valence-corrected chi connectivity index (χ2v) is 13.5. The minimum absolute atomic E-state index is 0.00631. The fourth-order valence-electron chi connectivity index (χ4n) is 10.6. The Morgan fingerprint density at radius 3 is 2.38 bits per heavy atom. The third kappa shape index (κ3) is 2.67. The van der Waals surface area contributed by atoms with Crippen molar-refractivity contribution < 1.29 is 5.11 Å². The Labute approximate surface area is 180 Å². The third-order valence-electron chi connectivity index (χ3n) is 12.3. The first-order valence-corrected chi connectivity index (χ1v) is 13.4. The molecular weight excluding hydrogens is 352 g/mol. The quantitative estimate of drug-likeness (QED) is 0.503. The Morgan fingerprint density at radius 1 is 0.828 bits per heavy atom. The molecule has 2 spiro atoms. The van der Waals surface area contributed by atoms with Gasteiger partial charge in [-0.2, -0.15) is 0 Å². The number of fused-ring (bicyclic) bond motifs is 2. The van der Waals surface area contributed by atoms with Crippen molar-refractivity contribution >= 4 is 0 Å². The van der Waals surface area contributed by atoms with Crippen LogP contribution in [0.5, 0.6) is 0 Å². The maximum Gasteiger partial charge on any atom is 0.0543 e. The van der Waals surface area contributed by atoms with E-state index in [0.29, 0.717) is 21.7 Å². The second kappa shape index (κ2) is 6.73. The van der Waals surface area contributed by atoms with Gasteiger partial charge in [0.15, 0.2) is 0 Å². The molecule has 0 saturated heterocycles. The highest BCUT2D eigenvalue weighted by molar-refractivity contribution is 5.29. The van der Waals surface area contributed by atoms with Crippen LogP contribution in [0.25, 0.3) is 0 Å². The minimum Gasteiger partial charge on any atom is -0.393 e. The summed E-state index contributed by atoms with van der Waals surface area (Å²) in [6, 6.07) is 0. The summed E-state index contributed by atoms with van der Waals surface area (Å²) in [6.07, 6.45) is 18.3. The molecule has 0 aromatic rings. The van der Waals surface area contributed by atoms with Gasteiger partial charge in [-0.3, -0.25) is 0 Å². The molecule has 0 bridgehead atoms. The molecule has 0 aromatic heterocycles. The predicted molar refractivity (Wildman–Crippen MR) is 122 cm³/mol. The summed E-state index contributed by atoms with van der Waals surface area (Å²) >= 11 is 0. The zero-order chi connectivity index (χ0) is 20.7. The van der Waals surface area contributed by atoms with Crippen molar-refractivity contribution in [3.63, 3.8) is 0 Å². The first-order chi connectivity index (χ1) is 13.7. The van der Waals surface area contributed by atoms with Gasteiger partial charge >= 0.3 is 0 Å². The Morgan fingerprint density at radius 2 is 1.62 bits per heavy atom. The summed E-state index contributed by atoms with van der Waals surface area (Å²) < 4.78 is 0. The maximum absolute atomic E-state index is 10.3. The van der Waals surface area contributed by atoms with E-state index in [1.54, 1.807) is 0 Å². The normalized spacial score (nSPS) is 54.3. The third-order valence-corrected chi connectivity index (χ3v) is 12.3. The Bertz CT molecular complexity index is 640. The van der Waals surface area contributed by atoms with Crippen LogP contribution in [-0.4, -0.2) is 11.2 Å². The van der Waals surface area contributed by atoms with Crippen LogP contribution in [0.2, 0.25) is 0 Å². The van der Waals surface area contributed by atoms with Crippen molar-refractivity contribution in [2.24, 2.45) is 51.2 Å². The summed E-state index contributed by atoms with van der Waals surface area (Å²) in [6.45, 7) is 12.9. The van der Waals surface area contributed by atoms with E-state index >= 15 is 0 Å². The maximum atomic E-state index is 10.3. The van der Waals surface area contributed by atoms with Crippen LogP contribution in [0.3, 0.4) is 0 Å². The first-order valence-electron chi connectivity index (χ1n) is 13.4. The van der Waals surface area contributed by atoms with Gasteiger partial charge in [-0.15, -0.1) is 0 Å². The number of aliphatic hydroxyl groups is 1. The van der Waals surface area contributed by atoms with Crippen molar-refractivity contribution in [2.45, 2.75) is 124 Å². The largest absolute Gasteiger partial charge is 0.393 e. The molecule has 1 nitrogen and oxygen atoms in total. The van der Waals surface area contributed by atoms with Crippen LogP contribution in [0, 0.1) is 51.2 Å². The molecule has 166 valence electrons. The summed E-state index contributed by atoms with van der Waals surface area (Å²) in [5, 5.41) is 10.3. The number of hydrogen-bond donors (Lipinski definition) is 1. The van der Waals surface area contributed by atoms with Crippen molar-refractivity contribution in [1.29, 1.82) is 0 Å². The number of aliphatic hydroxyl groups excluding tert-OH is 1. The summed E-state index contributed by atoms with van der Waals surface area (Å²) in [5.41, 5.74) is 2.48. The van der Waals surface area contributed by atoms with Gasteiger partial charge in [-0.25, -0.2) is 0 Å². The monoisotopic (exact) mass is 400 g/mol. The molecule has 0 radical (unpaired) electrons. The standard InChI is InChI=1S/C28H48O/c1-19(2)7-6-8-20(3)23-12-13-26(5)24-10-9-21-17-22(29)11-14-27(21)18-28(24,27)16-15-25(23,26)4/h19-24,29H,6-18H2,1-5H3/t20-,21+,22+,23-,24+,25-,26+,27?,28?/m1/s1. The van der Waals surface area contributed by atoms with E-state index in [1.807, 2.05) is 0 Å². The van der Waals surface area contributed by atoms with Gasteiger partial charge in [0.25, 0.3) is 0 Å². The summed E-state index contributed by atoms with van der Waals surface area (Å²) in [4.78, 5) is 0. The predicted octanol–water partition coefficient (Wildman–Crippen LogP) is 7.61. The van der Waals surface area contributed by atoms with Crippen LogP contribution in [0.15, 0.2) is 0 Å². The van der Waals surface area contributed by atoms with Gasteiger partial charge in [-0.1, -0.05) is 53.9 Å². The molecule has 5 rings (SSSR count). The van der Waals surface area contributed by atoms with E-state index in [9.17, 15) is 5.11 Å². The van der Waals surface area contributed by atoms with E-state index in [4.69, 9.17) is 0 Å². The lowest BCUT2D eigenvalue weighted by Crippen LogP contribution is -2.55. The molecule has 1 N–H and O–H groups in total. The van der Waals surface area contributed by atoms with Gasteiger partial charge in [0.2, 0.25) is 0 Å². The van der Waals surface area contributed by atoms with E-state index in [0.717, 1.165) is 42.4 Å². The van der Waals surface area contributed by atoms with Gasteiger partial charge < -0.3 is 5.11 Å². The summed E-state index contributed by atoms with van der Waals surface area (Å²) in [7, 11) is 0. The van der Waals surface area contributed by atoms with Crippen molar-refractivity contribution in [1.82, 2.24) is 0 Å². The smallest absolute Gasteiger partial charge is 0.0543 e. The van der Waals surface area contributed by atoms with E-state index in [-0.39, 0.29) is 6.10 Å². The highest BCUT2D eigenvalue weighted by Gasteiger charge is 2.80. The number of rotatable bonds is 5. The fourth-order valence-corrected chi connectivity index (χ4v) is 10.6. The Hall–Kier alpha value is -0.0400. The summed E-state index contributed by atoms with van der Waals surface area (Å²) in [5.74, 6) is 4.55. The van der Waals surface area contributed by atoms with Crippen LogP contribution in [0.4, 0.5) is 0 Å². The average molecular weight is 401 g/mol. The van der Waals surface area contributed by atoms with E-state index in [2.05, 4.69) is 34.6 Å². The first kappa shape index (κ1) is 20.8. The lowest BCUT2D eigenvalue weighted by atomic mass is 9.43. The van der Waals surface area contributed by atoms with Gasteiger partial charge in [0.1, 0.15) is 0 Å². The molecule has 0 heterocycles. The highest BCUT2D eigenvalue weighted by atomic mass is 16.3. The molecule has 1 heteroatoms. The lowest BCUT2D eigenvalue weighted by Gasteiger charge is -2.61. The molecule has 9 atom stereocenters. The topological polar surface area (TPSA) is 20.2 Å². The van der Waals surface area contributed by atoms with Crippen LogP contribution < -0.4 is 0 Å². The highest BCUT2D eigenvalue weighted by Crippen LogP contribution is 2.87. The van der Waals surface area contributed by atoms with Crippen molar-refractivity contribution in [3.8, 4) is 0 Å². The SMILES string of the molecule is CC(C)CCC[C@@H](C)[C@H]1CC[C@@]2(C)[C@@H]3CC[C@H]4C[C@@H](O)CCC45CC35CC[C@]12C. The molecule has 5 aliphatic rings. The second-order valence-electron chi connectivity index (χ2n) is 13.5. The fraction of sp³-hybridized carbons (Fsp3) is 1.00. The average Bonchev–Trinajstić information content (AvgIpc) is 3.24. The van der Waals surface area contributed by atoms with E-state index < -0.39 is 0 Å². The van der Waals surface area contributed by atoms with Crippen LogP contribution in [0.1, 0.15) is 118 Å².